The lowest BCUT2D eigenvalue weighted by Gasteiger charge is -2.09. The lowest BCUT2D eigenvalue weighted by atomic mass is 9.98. The van der Waals surface area contributed by atoms with E-state index in [0.29, 0.717) is 13.0 Å². The second-order valence-corrected chi connectivity index (χ2v) is 4.57. The third kappa shape index (κ3) is 2.88. The van der Waals surface area contributed by atoms with Gasteiger partial charge in [0.15, 0.2) is 0 Å². The Morgan fingerprint density at radius 1 is 1.53 bits per heavy atom. The Morgan fingerprint density at radius 3 is 3.00 bits per heavy atom. The molecule has 0 amide bonds. The third-order valence-electron chi connectivity index (χ3n) is 3.20. The number of hydrogen-bond acceptors (Lipinski definition) is 3. The van der Waals surface area contributed by atoms with E-state index in [-0.39, 0.29) is 5.97 Å². The lowest BCUT2D eigenvalue weighted by Crippen LogP contribution is -2.34. The van der Waals surface area contributed by atoms with Gasteiger partial charge in [-0.25, -0.2) is 0 Å². The summed E-state index contributed by atoms with van der Waals surface area (Å²) in [6.07, 6.45) is 5.29. The van der Waals surface area contributed by atoms with E-state index in [1.807, 2.05) is 0 Å². The van der Waals surface area contributed by atoms with Crippen molar-refractivity contribution in [1.82, 2.24) is 4.98 Å². The van der Waals surface area contributed by atoms with Crippen LogP contribution in [0.2, 0.25) is 0 Å². The molecule has 0 saturated heterocycles. The summed E-state index contributed by atoms with van der Waals surface area (Å²) >= 11 is 0. The fourth-order valence-corrected chi connectivity index (χ4v) is 2.35. The molecule has 1 aromatic rings. The van der Waals surface area contributed by atoms with Crippen molar-refractivity contribution in [3.63, 3.8) is 0 Å². The summed E-state index contributed by atoms with van der Waals surface area (Å²) in [5.41, 5.74) is 9.56. The summed E-state index contributed by atoms with van der Waals surface area (Å²) in [6, 6.07) is 1.59. The van der Waals surface area contributed by atoms with Gasteiger partial charge in [0.25, 0.3) is 0 Å². The molecule has 0 saturated carbocycles. The Labute approximate surface area is 102 Å². The minimum absolute atomic E-state index is 0.319. The van der Waals surface area contributed by atoms with Crippen LogP contribution in [0.1, 0.15) is 36.7 Å². The van der Waals surface area contributed by atoms with E-state index in [9.17, 15) is 4.79 Å². The Hall–Kier alpha value is -1.29. The highest BCUT2D eigenvalue weighted by atomic mass is 16.5. The van der Waals surface area contributed by atoms with Crippen LogP contribution in [0.3, 0.4) is 0 Å². The van der Waals surface area contributed by atoms with Gasteiger partial charge in [-0.2, -0.15) is 0 Å². The lowest BCUT2D eigenvalue weighted by molar-refractivity contribution is -0.144. The molecular weight excluding hydrogens is 216 g/mol. The average Bonchev–Trinajstić information content (AvgIpc) is 2.71. The van der Waals surface area contributed by atoms with Crippen molar-refractivity contribution in [2.75, 3.05) is 6.61 Å². The molecule has 1 aromatic heterocycles. The standard InChI is InChI=1S/C13H20N2O2/c1-2-17-13(16)11(14)8-10-7-9-5-3-4-6-12(9)15-10/h7,11,15H,2-6,8,14H2,1H3. The van der Waals surface area contributed by atoms with E-state index in [1.165, 1.54) is 24.1 Å². The second-order valence-electron chi connectivity index (χ2n) is 4.57. The number of aromatic nitrogens is 1. The number of fused-ring (bicyclic) bond motifs is 1. The zero-order chi connectivity index (χ0) is 12.3. The molecule has 0 bridgehead atoms. The van der Waals surface area contributed by atoms with Gasteiger partial charge >= 0.3 is 5.97 Å². The van der Waals surface area contributed by atoms with E-state index in [2.05, 4.69) is 11.1 Å². The number of ether oxygens (including phenoxy) is 1. The molecule has 2 rings (SSSR count). The van der Waals surface area contributed by atoms with Gasteiger partial charge in [0, 0.05) is 17.8 Å². The number of carbonyl (C=O) groups is 1. The van der Waals surface area contributed by atoms with Gasteiger partial charge in [0.2, 0.25) is 0 Å². The Balaban J connectivity index is 1.98. The van der Waals surface area contributed by atoms with Crippen LogP contribution in [0.5, 0.6) is 0 Å². The Bertz CT molecular complexity index is 375. The number of rotatable bonds is 4. The van der Waals surface area contributed by atoms with Crippen LogP contribution in [-0.4, -0.2) is 23.6 Å². The number of H-pyrrole nitrogens is 1. The smallest absolute Gasteiger partial charge is 0.323 e. The molecule has 4 nitrogen and oxygen atoms in total. The topological polar surface area (TPSA) is 68.1 Å². The van der Waals surface area contributed by atoms with Crippen LogP contribution in [0.4, 0.5) is 0 Å². The normalized spacial score (nSPS) is 16.4. The van der Waals surface area contributed by atoms with Gasteiger partial charge in [-0.1, -0.05) is 0 Å². The van der Waals surface area contributed by atoms with E-state index in [1.54, 1.807) is 6.92 Å². The first-order valence-corrected chi connectivity index (χ1v) is 6.32. The first-order valence-electron chi connectivity index (χ1n) is 6.32. The van der Waals surface area contributed by atoms with Crippen LogP contribution in [0.15, 0.2) is 6.07 Å². The summed E-state index contributed by atoms with van der Waals surface area (Å²) in [4.78, 5) is 14.8. The summed E-state index contributed by atoms with van der Waals surface area (Å²) < 4.78 is 4.90. The summed E-state index contributed by atoms with van der Waals surface area (Å²) in [7, 11) is 0. The molecule has 1 aliphatic rings. The van der Waals surface area contributed by atoms with Crippen molar-refractivity contribution in [3.05, 3.63) is 23.0 Å². The van der Waals surface area contributed by atoms with E-state index >= 15 is 0 Å². The number of hydrogen-bond donors (Lipinski definition) is 2. The second kappa shape index (κ2) is 5.36. The first kappa shape index (κ1) is 12.2. The summed E-state index contributed by atoms with van der Waals surface area (Å²) in [5.74, 6) is -0.319. The van der Waals surface area contributed by atoms with Crippen LogP contribution in [-0.2, 0) is 28.8 Å². The molecule has 0 radical (unpaired) electrons. The van der Waals surface area contributed by atoms with Gasteiger partial charge in [0.05, 0.1) is 6.61 Å². The highest BCUT2D eigenvalue weighted by Gasteiger charge is 2.18. The van der Waals surface area contributed by atoms with Crippen molar-refractivity contribution in [2.24, 2.45) is 5.73 Å². The van der Waals surface area contributed by atoms with Gasteiger partial charge in [-0.3, -0.25) is 4.79 Å². The maximum atomic E-state index is 11.4. The highest BCUT2D eigenvalue weighted by Crippen LogP contribution is 2.22. The quantitative estimate of drug-likeness (QED) is 0.775. The van der Waals surface area contributed by atoms with Gasteiger partial charge in [0.1, 0.15) is 6.04 Å². The molecule has 0 aromatic carbocycles. The molecule has 17 heavy (non-hydrogen) atoms. The number of nitrogens with one attached hydrogen (secondary N) is 1. The van der Waals surface area contributed by atoms with Crippen molar-refractivity contribution in [2.45, 2.75) is 45.1 Å². The summed E-state index contributed by atoms with van der Waals surface area (Å²) in [6.45, 7) is 2.17. The Morgan fingerprint density at radius 2 is 2.29 bits per heavy atom. The van der Waals surface area contributed by atoms with Gasteiger partial charge in [-0.15, -0.1) is 0 Å². The predicted octanol–water partition coefficient (Wildman–Crippen LogP) is 1.33. The van der Waals surface area contributed by atoms with Crippen molar-refractivity contribution < 1.29 is 9.53 Å². The molecule has 0 fully saturated rings. The van der Waals surface area contributed by atoms with E-state index in [4.69, 9.17) is 10.5 Å². The van der Waals surface area contributed by atoms with Crippen molar-refractivity contribution >= 4 is 5.97 Å². The molecule has 1 unspecified atom stereocenters. The molecule has 1 heterocycles. The van der Waals surface area contributed by atoms with E-state index in [0.717, 1.165) is 18.5 Å². The number of carbonyl (C=O) groups excluding carboxylic acids is 1. The largest absolute Gasteiger partial charge is 0.465 e. The molecule has 94 valence electrons. The number of aromatic amines is 1. The molecule has 3 N–H and O–H groups in total. The Kier molecular flexibility index (Phi) is 3.84. The first-order chi connectivity index (χ1) is 8.20. The number of nitrogens with two attached hydrogens (primary N) is 1. The van der Waals surface area contributed by atoms with Crippen molar-refractivity contribution in [3.8, 4) is 0 Å². The van der Waals surface area contributed by atoms with E-state index < -0.39 is 6.04 Å². The van der Waals surface area contributed by atoms with Crippen LogP contribution in [0.25, 0.3) is 0 Å². The third-order valence-corrected chi connectivity index (χ3v) is 3.20. The fraction of sp³-hybridized carbons (Fsp3) is 0.615. The zero-order valence-electron chi connectivity index (χ0n) is 10.3. The minimum Gasteiger partial charge on any atom is -0.465 e. The van der Waals surface area contributed by atoms with Crippen LogP contribution >= 0.6 is 0 Å². The fourth-order valence-electron chi connectivity index (χ4n) is 2.35. The average molecular weight is 236 g/mol. The highest BCUT2D eigenvalue weighted by molar-refractivity contribution is 5.75. The van der Waals surface area contributed by atoms with Gasteiger partial charge in [-0.05, 0) is 44.2 Å². The number of aryl methyl sites for hydroxylation is 2. The summed E-state index contributed by atoms with van der Waals surface area (Å²) in [5, 5.41) is 0. The molecule has 0 aliphatic heterocycles. The molecular formula is C13H20N2O2. The SMILES string of the molecule is CCOC(=O)C(N)Cc1cc2c([nH]1)CCCC2. The maximum absolute atomic E-state index is 11.4. The maximum Gasteiger partial charge on any atom is 0.323 e. The van der Waals surface area contributed by atoms with Crippen molar-refractivity contribution in [1.29, 1.82) is 0 Å². The zero-order valence-corrected chi connectivity index (χ0v) is 10.3. The van der Waals surface area contributed by atoms with Crippen LogP contribution < -0.4 is 5.73 Å². The predicted molar refractivity (Wildman–Crippen MR) is 65.7 cm³/mol. The molecule has 1 atom stereocenters. The number of esters is 1. The molecule has 1 aliphatic carbocycles. The van der Waals surface area contributed by atoms with Crippen LogP contribution in [0, 0.1) is 0 Å². The van der Waals surface area contributed by atoms with Gasteiger partial charge < -0.3 is 15.5 Å². The molecule has 4 heteroatoms. The molecule has 0 spiro atoms. The minimum atomic E-state index is -0.560. The monoisotopic (exact) mass is 236 g/mol.